The van der Waals surface area contributed by atoms with Crippen molar-refractivity contribution in [1.29, 1.82) is 0 Å². The number of aliphatic hydroxyl groups excluding tert-OH is 1. The number of carbonyl (C=O) groups is 1. The fraction of sp³-hybridized carbons (Fsp3) is 0.611. The van der Waals surface area contributed by atoms with E-state index in [1.807, 2.05) is 24.3 Å². The van der Waals surface area contributed by atoms with Crippen LogP contribution in [0.25, 0.3) is 0 Å². The molecule has 0 bridgehead atoms. The SMILES string of the molecule is CCCCCC=CCC(O)CCC=CC=CCCC(=O)O. The molecule has 0 aliphatic rings. The number of unbranched alkanes of at least 4 members (excludes halogenated alkanes) is 3. The van der Waals surface area contributed by atoms with Gasteiger partial charge in [0.2, 0.25) is 0 Å². The first-order valence-corrected chi connectivity index (χ1v) is 8.03. The molecule has 2 N–H and O–H groups in total. The van der Waals surface area contributed by atoms with E-state index in [4.69, 9.17) is 5.11 Å². The quantitative estimate of drug-likeness (QED) is 0.296. The van der Waals surface area contributed by atoms with Crippen molar-refractivity contribution in [2.45, 2.75) is 70.8 Å². The molecule has 1 atom stereocenters. The molecule has 0 aromatic rings. The summed E-state index contributed by atoms with van der Waals surface area (Å²) in [5.74, 6) is -0.769. The highest BCUT2D eigenvalue weighted by Crippen LogP contribution is 2.06. The van der Waals surface area contributed by atoms with Crippen LogP contribution in [0.5, 0.6) is 0 Å². The Labute approximate surface area is 129 Å². The normalized spacial score (nSPS) is 13.6. The smallest absolute Gasteiger partial charge is 0.303 e. The third-order valence-corrected chi connectivity index (χ3v) is 3.12. The molecule has 0 saturated heterocycles. The molecule has 21 heavy (non-hydrogen) atoms. The molecule has 0 saturated carbocycles. The third kappa shape index (κ3) is 16.6. The molecule has 0 amide bonds. The third-order valence-electron chi connectivity index (χ3n) is 3.12. The van der Waals surface area contributed by atoms with E-state index in [1.165, 1.54) is 19.3 Å². The Morgan fingerprint density at radius 1 is 1.00 bits per heavy atom. The van der Waals surface area contributed by atoms with E-state index in [1.54, 1.807) is 0 Å². The summed E-state index contributed by atoms with van der Waals surface area (Å²) in [4.78, 5) is 10.3. The molecule has 0 fully saturated rings. The van der Waals surface area contributed by atoms with Crippen LogP contribution in [0.3, 0.4) is 0 Å². The number of rotatable bonds is 13. The van der Waals surface area contributed by atoms with Crippen molar-refractivity contribution < 1.29 is 15.0 Å². The largest absolute Gasteiger partial charge is 0.481 e. The average Bonchev–Trinajstić information content (AvgIpc) is 2.45. The maximum Gasteiger partial charge on any atom is 0.303 e. The second-order valence-electron chi connectivity index (χ2n) is 5.22. The Balaban J connectivity index is 3.51. The van der Waals surface area contributed by atoms with Gasteiger partial charge in [0.1, 0.15) is 0 Å². The Bertz CT molecular complexity index is 329. The lowest BCUT2D eigenvalue weighted by atomic mass is 10.1. The molecule has 0 heterocycles. The van der Waals surface area contributed by atoms with Crippen LogP contribution in [0.2, 0.25) is 0 Å². The van der Waals surface area contributed by atoms with Gasteiger partial charge in [0.05, 0.1) is 6.10 Å². The van der Waals surface area contributed by atoms with Crippen LogP contribution < -0.4 is 0 Å². The van der Waals surface area contributed by atoms with Gasteiger partial charge in [0, 0.05) is 6.42 Å². The Morgan fingerprint density at radius 2 is 1.71 bits per heavy atom. The Morgan fingerprint density at radius 3 is 2.38 bits per heavy atom. The molecule has 0 aliphatic carbocycles. The second-order valence-corrected chi connectivity index (χ2v) is 5.22. The van der Waals surface area contributed by atoms with Gasteiger partial charge in [-0.1, -0.05) is 56.2 Å². The van der Waals surface area contributed by atoms with Crippen LogP contribution in [0, 0.1) is 0 Å². The van der Waals surface area contributed by atoms with Crippen molar-refractivity contribution in [2.24, 2.45) is 0 Å². The summed E-state index contributed by atoms with van der Waals surface area (Å²) in [6.45, 7) is 2.20. The lowest BCUT2D eigenvalue weighted by molar-refractivity contribution is -0.136. The number of carboxylic acids is 1. The molecule has 0 spiro atoms. The Hall–Kier alpha value is -1.35. The molecule has 0 aromatic carbocycles. The van der Waals surface area contributed by atoms with Crippen molar-refractivity contribution in [1.82, 2.24) is 0 Å². The molecule has 0 radical (unpaired) electrons. The topological polar surface area (TPSA) is 57.5 Å². The number of aliphatic carboxylic acids is 1. The monoisotopic (exact) mass is 294 g/mol. The second kappa shape index (κ2) is 15.0. The van der Waals surface area contributed by atoms with Gasteiger partial charge in [-0.3, -0.25) is 4.79 Å². The molecular weight excluding hydrogens is 264 g/mol. The van der Waals surface area contributed by atoms with Gasteiger partial charge in [0.25, 0.3) is 0 Å². The van der Waals surface area contributed by atoms with Gasteiger partial charge in [-0.15, -0.1) is 0 Å². The number of hydrogen-bond donors (Lipinski definition) is 2. The van der Waals surface area contributed by atoms with E-state index >= 15 is 0 Å². The highest BCUT2D eigenvalue weighted by atomic mass is 16.4. The van der Waals surface area contributed by atoms with Crippen molar-refractivity contribution in [2.75, 3.05) is 0 Å². The first-order valence-electron chi connectivity index (χ1n) is 8.03. The lowest BCUT2D eigenvalue weighted by Crippen LogP contribution is -2.03. The predicted molar refractivity (Wildman–Crippen MR) is 88.3 cm³/mol. The van der Waals surface area contributed by atoms with Crippen molar-refractivity contribution in [3.8, 4) is 0 Å². The average molecular weight is 294 g/mol. The first-order chi connectivity index (χ1) is 10.2. The van der Waals surface area contributed by atoms with Gasteiger partial charge in [-0.05, 0) is 38.5 Å². The van der Waals surface area contributed by atoms with Crippen LogP contribution in [-0.2, 0) is 4.79 Å². The zero-order chi connectivity index (χ0) is 15.8. The van der Waals surface area contributed by atoms with Crippen LogP contribution in [-0.4, -0.2) is 22.3 Å². The first kappa shape index (κ1) is 19.7. The minimum Gasteiger partial charge on any atom is -0.481 e. The molecular formula is C18H30O3. The molecule has 1 unspecified atom stereocenters. The van der Waals surface area contributed by atoms with E-state index < -0.39 is 5.97 Å². The minimum atomic E-state index is -0.769. The standard InChI is InChI=1S/C18H30O3/c1-2-3-4-5-8-11-14-17(19)15-12-9-6-7-10-13-16-18(20)21/h6-11,17,19H,2-5,12-16H2,1H3,(H,20,21). The van der Waals surface area contributed by atoms with Gasteiger partial charge in [-0.2, -0.15) is 0 Å². The van der Waals surface area contributed by atoms with Gasteiger partial charge < -0.3 is 10.2 Å². The van der Waals surface area contributed by atoms with E-state index in [9.17, 15) is 9.90 Å². The van der Waals surface area contributed by atoms with Gasteiger partial charge in [0.15, 0.2) is 0 Å². The van der Waals surface area contributed by atoms with Crippen LogP contribution in [0.4, 0.5) is 0 Å². The van der Waals surface area contributed by atoms with E-state index in [0.717, 1.165) is 25.7 Å². The van der Waals surface area contributed by atoms with Crippen LogP contribution in [0.1, 0.15) is 64.7 Å². The number of hydrogen-bond acceptors (Lipinski definition) is 2. The van der Waals surface area contributed by atoms with E-state index in [2.05, 4.69) is 19.1 Å². The molecule has 120 valence electrons. The molecule has 3 nitrogen and oxygen atoms in total. The zero-order valence-corrected chi connectivity index (χ0v) is 13.2. The van der Waals surface area contributed by atoms with E-state index in [0.29, 0.717) is 6.42 Å². The van der Waals surface area contributed by atoms with Crippen molar-refractivity contribution >= 4 is 5.97 Å². The van der Waals surface area contributed by atoms with Crippen molar-refractivity contribution in [3.05, 3.63) is 36.5 Å². The molecule has 0 rings (SSSR count). The van der Waals surface area contributed by atoms with Crippen LogP contribution >= 0.6 is 0 Å². The van der Waals surface area contributed by atoms with Gasteiger partial charge >= 0.3 is 5.97 Å². The summed E-state index contributed by atoms with van der Waals surface area (Å²) in [7, 11) is 0. The Kier molecular flexibility index (Phi) is 14.1. The summed E-state index contributed by atoms with van der Waals surface area (Å²) in [5.41, 5.74) is 0. The highest BCUT2D eigenvalue weighted by Gasteiger charge is 1.98. The summed E-state index contributed by atoms with van der Waals surface area (Å²) in [5, 5.41) is 18.2. The fourth-order valence-corrected chi connectivity index (χ4v) is 1.85. The maximum absolute atomic E-state index is 10.3. The lowest BCUT2D eigenvalue weighted by Gasteiger charge is -2.04. The van der Waals surface area contributed by atoms with Crippen molar-refractivity contribution in [3.63, 3.8) is 0 Å². The van der Waals surface area contributed by atoms with E-state index in [-0.39, 0.29) is 12.5 Å². The molecule has 0 aromatic heterocycles. The minimum absolute atomic E-state index is 0.174. The maximum atomic E-state index is 10.3. The summed E-state index contributed by atoms with van der Waals surface area (Å²) >= 11 is 0. The molecule has 3 heteroatoms. The highest BCUT2D eigenvalue weighted by molar-refractivity contribution is 5.66. The zero-order valence-electron chi connectivity index (χ0n) is 13.2. The summed E-state index contributed by atoms with van der Waals surface area (Å²) in [6, 6.07) is 0. The van der Waals surface area contributed by atoms with Gasteiger partial charge in [-0.25, -0.2) is 0 Å². The number of aliphatic hydroxyl groups is 1. The number of carboxylic acid groups (broad SMARTS) is 1. The van der Waals surface area contributed by atoms with Crippen LogP contribution in [0.15, 0.2) is 36.5 Å². The summed E-state index contributed by atoms with van der Waals surface area (Å²) in [6.07, 6.45) is 19.5. The fourth-order valence-electron chi connectivity index (χ4n) is 1.85. The molecule has 0 aliphatic heterocycles. The number of allylic oxidation sites excluding steroid dienone is 5. The summed E-state index contributed by atoms with van der Waals surface area (Å²) < 4.78 is 0. The predicted octanol–water partition coefficient (Wildman–Crippen LogP) is 4.63.